The lowest BCUT2D eigenvalue weighted by atomic mass is 10.0. The molecule has 9 heteroatoms. The topological polar surface area (TPSA) is 78.8 Å². The maximum Gasteiger partial charge on any atom is 0.280 e. The minimum absolute atomic E-state index is 0.0583. The number of hydrazone groups is 1. The van der Waals surface area contributed by atoms with E-state index in [1.54, 1.807) is 23.9 Å². The van der Waals surface area contributed by atoms with Gasteiger partial charge in [0.2, 0.25) is 5.91 Å². The number of rotatable bonds is 5. The number of benzene rings is 3. The van der Waals surface area contributed by atoms with Gasteiger partial charge in [0.15, 0.2) is 0 Å². The first kappa shape index (κ1) is 21.4. The molecule has 3 aromatic rings. The van der Waals surface area contributed by atoms with Crippen molar-refractivity contribution < 1.29 is 13.2 Å². The van der Waals surface area contributed by atoms with Gasteiger partial charge in [0.1, 0.15) is 12.3 Å². The summed E-state index contributed by atoms with van der Waals surface area (Å²) in [6.45, 7) is -0.454. The Morgan fingerprint density at radius 3 is 2.58 bits per heavy atom. The molecule has 6 nitrogen and oxygen atoms in total. The predicted molar refractivity (Wildman–Crippen MR) is 124 cm³/mol. The van der Waals surface area contributed by atoms with Gasteiger partial charge in [-0.25, -0.2) is 0 Å². The number of hydrogen-bond donors (Lipinski definition) is 1. The molecule has 0 radical (unpaired) electrons. The molecule has 0 saturated heterocycles. The zero-order chi connectivity index (χ0) is 22.0. The highest BCUT2D eigenvalue weighted by Gasteiger charge is 2.34. The number of carbonyl (C=O) groups excluding carboxylic acids is 1. The van der Waals surface area contributed by atoms with Crippen LogP contribution in [0.1, 0.15) is 11.1 Å². The Bertz CT molecular complexity index is 1280. The van der Waals surface area contributed by atoms with Crippen LogP contribution in [-0.4, -0.2) is 37.3 Å². The van der Waals surface area contributed by atoms with Crippen molar-refractivity contribution in [3.05, 3.63) is 88.9 Å². The number of carbonyl (C=O) groups is 1. The summed E-state index contributed by atoms with van der Waals surface area (Å²) in [5.41, 5.74) is 2.15. The van der Waals surface area contributed by atoms with E-state index in [1.807, 2.05) is 54.8 Å². The molecule has 4 rings (SSSR count). The van der Waals surface area contributed by atoms with Crippen molar-refractivity contribution in [2.45, 2.75) is 9.79 Å². The molecule has 0 spiro atoms. The van der Waals surface area contributed by atoms with Gasteiger partial charge in [0, 0.05) is 26.7 Å². The second-order valence-electron chi connectivity index (χ2n) is 6.72. The molecule has 31 heavy (non-hydrogen) atoms. The fraction of sp³-hybridized carbons (Fsp3) is 0.0909. The van der Waals surface area contributed by atoms with Crippen LogP contribution in [0.4, 0.5) is 5.69 Å². The fourth-order valence-corrected chi connectivity index (χ4v) is 5.21. The van der Waals surface area contributed by atoms with E-state index in [4.69, 9.17) is 11.6 Å². The Labute approximate surface area is 190 Å². The van der Waals surface area contributed by atoms with Crippen LogP contribution in [0.25, 0.3) is 0 Å². The molecule has 0 fully saturated rings. The number of nitrogens with zero attached hydrogens (tertiary/aromatic N) is 2. The number of halogens is 1. The van der Waals surface area contributed by atoms with Crippen molar-refractivity contribution >= 4 is 50.7 Å². The highest BCUT2D eigenvalue weighted by Crippen LogP contribution is 2.31. The van der Waals surface area contributed by atoms with Gasteiger partial charge < -0.3 is 5.32 Å². The lowest BCUT2D eigenvalue weighted by Gasteiger charge is -2.27. The van der Waals surface area contributed by atoms with Gasteiger partial charge in [-0.15, -0.1) is 11.8 Å². The molecule has 158 valence electrons. The van der Waals surface area contributed by atoms with Crippen molar-refractivity contribution in [3.63, 3.8) is 0 Å². The van der Waals surface area contributed by atoms with Crippen LogP contribution in [0, 0.1) is 0 Å². The minimum Gasteiger partial charge on any atom is -0.324 e. The van der Waals surface area contributed by atoms with E-state index < -0.39 is 22.5 Å². The third kappa shape index (κ3) is 4.46. The lowest BCUT2D eigenvalue weighted by molar-refractivity contribution is -0.116. The average Bonchev–Trinajstić information content (AvgIpc) is 2.76. The van der Waals surface area contributed by atoms with Gasteiger partial charge in [-0.3, -0.25) is 4.79 Å². The van der Waals surface area contributed by atoms with Gasteiger partial charge in [-0.2, -0.15) is 17.9 Å². The van der Waals surface area contributed by atoms with Crippen LogP contribution in [0.5, 0.6) is 0 Å². The normalized spacial score (nSPS) is 14.5. The Morgan fingerprint density at radius 1 is 1.06 bits per heavy atom. The third-order valence-corrected chi connectivity index (χ3v) is 7.28. The van der Waals surface area contributed by atoms with E-state index >= 15 is 0 Å². The van der Waals surface area contributed by atoms with E-state index in [2.05, 4.69) is 10.4 Å². The number of amides is 1. The Balaban J connectivity index is 1.70. The van der Waals surface area contributed by atoms with E-state index in [-0.39, 0.29) is 4.90 Å². The summed E-state index contributed by atoms with van der Waals surface area (Å²) in [6.07, 6.45) is 1.94. The Morgan fingerprint density at radius 2 is 1.84 bits per heavy atom. The number of nitrogens with one attached hydrogen (secondary N) is 1. The molecule has 0 atom stereocenters. The van der Waals surface area contributed by atoms with Crippen molar-refractivity contribution in [2.75, 3.05) is 18.1 Å². The van der Waals surface area contributed by atoms with Gasteiger partial charge >= 0.3 is 0 Å². The first-order valence-electron chi connectivity index (χ1n) is 9.29. The maximum atomic E-state index is 13.2. The standard InChI is InChI=1S/C22H18ClN3O3S2/c1-30-18-9-5-8-17(13-18)24-21(27)14-26-25-22(15-6-3-2-4-7-15)19-12-16(23)10-11-20(19)31(26,28)29/h2-13H,14H2,1H3,(H,24,27). The molecule has 1 aliphatic heterocycles. The molecule has 1 aliphatic rings. The average molecular weight is 472 g/mol. The second-order valence-corrected chi connectivity index (χ2v) is 9.85. The fourth-order valence-electron chi connectivity index (χ4n) is 3.20. The van der Waals surface area contributed by atoms with E-state index in [0.717, 1.165) is 14.9 Å². The molecular formula is C22H18ClN3O3S2. The quantitative estimate of drug-likeness (QED) is 0.557. The monoisotopic (exact) mass is 471 g/mol. The minimum atomic E-state index is -4.02. The first-order chi connectivity index (χ1) is 14.9. The van der Waals surface area contributed by atoms with Crippen LogP contribution >= 0.6 is 23.4 Å². The number of anilines is 1. The summed E-state index contributed by atoms with van der Waals surface area (Å²) in [4.78, 5) is 13.7. The summed E-state index contributed by atoms with van der Waals surface area (Å²) in [6, 6.07) is 21.0. The molecule has 0 bridgehead atoms. The molecule has 0 aliphatic carbocycles. The highest BCUT2D eigenvalue weighted by atomic mass is 35.5. The molecular weight excluding hydrogens is 454 g/mol. The van der Waals surface area contributed by atoms with Crippen LogP contribution < -0.4 is 5.32 Å². The molecule has 0 unspecified atom stereocenters. The van der Waals surface area contributed by atoms with E-state index in [0.29, 0.717) is 22.0 Å². The lowest BCUT2D eigenvalue weighted by Crippen LogP contribution is -2.38. The number of fused-ring (bicyclic) bond motifs is 1. The highest BCUT2D eigenvalue weighted by molar-refractivity contribution is 7.98. The second kappa shape index (κ2) is 8.74. The van der Waals surface area contributed by atoms with Crippen LogP contribution in [-0.2, 0) is 14.8 Å². The summed E-state index contributed by atoms with van der Waals surface area (Å²) in [5.74, 6) is -0.490. The van der Waals surface area contributed by atoms with Crippen LogP contribution in [0.3, 0.4) is 0 Å². The number of hydrogen-bond acceptors (Lipinski definition) is 5. The van der Waals surface area contributed by atoms with Crippen molar-refractivity contribution in [1.82, 2.24) is 4.41 Å². The molecule has 0 saturated carbocycles. The van der Waals surface area contributed by atoms with Crippen molar-refractivity contribution in [3.8, 4) is 0 Å². The van der Waals surface area contributed by atoms with Crippen LogP contribution in [0.2, 0.25) is 5.02 Å². The SMILES string of the molecule is CSc1cccc(NC(=O)CN2N=C(c3ccccc3)c3cc(Cl)ccc3S2(=O)=O)c1. The smallest absolute Gasteiger partial charge is 0.280 e. The number of sulfonamides is 1. The summed E-state index contributed by atoms with van der Waals surface area (Å²) in [7, 11) is -4.02. The van der Waals surface area contributed by atoms with Crippen LogP contribution in [0.15, 0.2) is 87.7 Å². The molecule has 1 N–H and O–H groups in total. The van der Waals surface area contributed by atoms with E-state index in [1.165, 1.54) is 12.1 Å². The van der Waals surface area contributed by atoms with Gasteiger partial charge in [-0.1, -0.05) is 48.0 Å². The third-order valence-electron chi connectivity index (χ3n) is 4.64. The molecule has 1 heterocycles. The molecule has 3 aromatic carbocycles. The Hall–Kier alpha value is -2.81. The summed E-state index contributed by atoms with van der Waals surface area (Å²) >= 11 is 7.68. The molecule has 1 amide bonds. The maximum absolute atomic E-state index is 13.2. The van der Waals surface area contributed by atoms with Crippen molar-refractivity contribution in [1.29, 1.82) is 0 Å². The number of thioether (sulfide) groups is 1. The first-order valence-corrected chi connectivity index (χ1v) is 12.3. The molecule has 0 aromatic heterocycles. The van der Waals surface area contributed by atoms with Gasteiger partial charge in [0.25, 0.3) is 10.0 Å². The van der Waals surface area contributed by atoms with E-state index in [9.17, 15) is 13.2 Å². The summed E-state index contributed by atoms with van der Waals surface area (Å²) in [5, 5.41) is 7.48. The summed E-state index contributed by atoms with van der Waals surface area (Å²) < 4.78 is 27.2. The van der Waals surface area contributed by atoms with Gasteiger partial charge in [-0.05, 0) is 42.7 Å². The van der Waals surface area contributed by atoms with Gasteiger partial charge in [0.05, 0.1) is 4.90 Å². The largest absolute Gasteiger partial charge is 0.324 e. The predicted octanol–water partition coefficient (Wildman–Crippen LogP) is 4.46. The zero-order valence-electron chi connectivity index (χ0n) is 16.4. The zero-order valence-corrected chi connectivity index (χ0v) is 18.8. The Kier molecular flexibility index (Phi) is 6.04. The van der Waals surface area contributed by atoms with Crippen molar-refractivity contribution in [2.24, 2.45) is 5.10 Å².